The van der Waals surface area contributed by atoms with Crippen LogP contribution in [0.25, 0.3) is 0 Å². The van der Waals surface area contributed by atoms with Crippen LogP contribution in [0.2, 0.25) is 5.02 Å². The number of sulfonamides is 1. The maximum Gasteiger partial charge on any atom is 0.232 e. The zero-order valence-electron chi connectivity index (χ0n) is 17.9. The van der Waals surface area contributed by atoms with Gasteiger partial charge in [-0.25, -0.2) is 8.42 Å². The van der Waals surface area contributed by atoms with Gasteiger partial charge in [-0.1, -0.05) is 17.7 Å². The van der Waals surface area contributed by atoms with Crippen LogP contribution in [0.4, 0.5) is 17.1 Å². The maximum absolute atomic E-state index is 12.3. The molecule has 0 saturated carbocycles. The summed E-state index contributed by atoms with van der Waals surface area (Å²) in [6, 6.07) is 14.5. The molecule has 9 heteroatoms. The number of carbonyl (C=O) groups excluding carboxylic acids is 1. The first-order chi connectivity index (χ1) is 14.7. The van der Waals surface area contributed by atoms with Crippen molar-refractivity contribution in [2.45, 2.75) is 12.8 Å². The average Bonchev–Trinajstić information content (AvgIpc) is 2.71. The zero-order valence-corrected chi connectivity index (χ0v) is 19.5. The van der Waals surface area contributed by atoms with Gasteiger partial charge in [-0.2, -0.15) is 0 Å². The Balaban J connectivity index is 1.51. The molecule has 2 aromatic carbocycles. The molecule has 0 aromatic heterocycles. The molecule has 1 aliphatic heterocycles. The Morgan fingerprint density at radius 1 is 1.10 bits per heavy atom. The third kappa shape index (κ3) is 6.85. The highest BCUT2D eigenvalue weighted by atomic mass is 35.5. The number of hydrogen-bond acceptors (Lipinski definition) is 5. The van der Waals surface area contributed by atoms with Gasteiger partial charge in [0, 0.05) is 55.5 Å². The molecule has 3 rings (SSSR count). The summed E-state index contributed by atoms with van der Waals surface area (Å²) in [4.78, 5) is 17.0. The summed E-state index contributed by atoms with van der Waals surface area (Å²) >= 11 is 5.99. The molecule has 2 aromatic rings. The van der Waals surface area contributed by atoms with Gasteiger partial charge in [0.25, 0.3) is 0 Å². The van der Waals surface area contributed by atoms with E-state index in [9.17, 15) is 13.2 Å². The number of carbonyl (C=O) groups is 1. The zero-order chi connectivity index (χ0) is 22.4. The lowest BCUT2D eigenvalue weighted by Crippen LogP contribution is -2.44. The number of rotatable bonds is 8. The van der Waals surface area contributed by atoms with Gasteiger partial charge in [-0.3, -0.25) is 9.10 Å². The molecule has 1 heterocycles. The van der Waals surface area contributed by atoms with Crippen molar-refractivity contribution in [3.8, 4) is 0 Å². The Morgan fingerprint density at radius 3 is 2.39 bits per heavy atom. The lowest BCUT2D eigenvalue weighted by Gasteiger charge is -2.34. The first-order valence-corrected chi connectivity index (χ1v) is 12.5. The summed E-state index contributed by atoms with van der Waals surface area (Å²) in [7, 11) is -1.35. The highest BCUT2D eigenvalue weighted by Crippen LogP contribution is 2.23. The van der Waals surface area contributed by atoms with E-state index in [1.807, 2.05) is 24.3 Å². The topological polar surface area (TPSA) is 73.0 Å². The molecule has 1 amide bonds. The SMILES string of the molecule is CN1CCN(c2ccc(NC(=O)CCCN(c3cccc(Cl)c3)S(C)(=O)=O)cc2)CC1. The molecule has 1 saturated heterocycles. The van der Waals surface area contributed by atoms with Gasteiger partial charge >= 0.3 is 0 Å². The van der Waals surface area contributed by atoms with E-state index in [2.05, 4.69) is 22.2 Å². The summed E-state index contributed by atoms with van der Waals surface area (Å²) in [6.45, 7) is 4.27. The standard InChI is InChI=1S/C22H29ClN4O3S/c1-25-13-15-26(16-14-25)20-10-8-19(9-11-20)24-22(28)7-4-12-27(31(2,29)30)21-6-3-5-18(23)17-21/h3,5-6,8-11,17H,4,7,12-16H2,1-2H3,(H,24,28). The molecular weight excluding hydrogens is 436 g/mol. The van der Waals surface area contributed by atoms with Gasteiger partial charge in [0.2, 0.25) is 15.9 Å². The largest absolute Gasteiger partial charge is 0.369 e. The third-order valence-electron chi connectivity index (χ3n) is 5.28. The van der Waals surface area contributed by atoms with Crippen LogP contribution in [-0.2, 0) is 14.8 Å². The normalized spacial score (nSPS) is 15.0. The van der Waals surface area contributed by atoms with E-state index < -0.39 is 10.0 Å². The van der Waals surface area contributed by atoms with E-state index in [-0.39, 0.29) is 18.9 Å². The summed E-state index contributed by atoms with van der Waals surface area (Å²) in [6.07, 6.45) is 1.76. The molecule has 0 unspecified atom stereocenters. The molecule has 0 bridgehead atoms. The third-order valence-corrected chi connectivity index (χ3v) is 6.71. The number of benzene rings is 2. The number of nitrogens with one attached hydrogen (secondary N) is 1. The lowest BCUT2D eigenvalue weighted by atomic mass is 10.2. The fourth-order valence-electron chi connectivity index (χ4n) is 3.54. The van der Waals surface area contributed by atoms with Gasteiger partial charge in [0.1, 0.15) is 0 Å². The number of anilines is 3. The Bertz CT molecular complexity index is 990. The summed E-state index contributed by atoms with van der Waals surface area (Å²) < 4.78 is 25.6. The first kappa shape index (κ1) is 23.4. The second kappa shape index (κ2) is 10.3. The van der Waals surface area contributed by atoms with Crippen molar-refractivity contribution in [1.82, 2.24) is 4.90 Å². The van der Waals surface area contributed by atoms with Crippen molar-refractivity contribution in [2.24, 2.45) is 0 Å². The number of likely N-dealkylation sites (N-methyl/N-ethyl adjacent to an activating group) is 1. The molecule has 1 aliphatic rings. The molecule has 31 heavy (non-hydrogen) atoms. The Labute approximate surface area is 189 Å². The van der Waals surface area contributed by atoms with Crippen LogP contribution in [-0.4, -0.2) is 65.3 Å². The maximum atomic E-state index is 12.3. The van der Waals surface area contributed by atoms with Gasteiger partial charge < -0.3 is 15.1 Å². The fraction of sp³-hybridized carbons (Fsp3) is 0.409. The number of hydrogen-bond donors (Lipinski definition) is 1. The second-order valence-corrected chi connectivity index (χ2v) is 10.1. The van der Waals surface area contributed by atoms with Gasteiger partial charge in [0.05, 0.1) is 11.9 Å². The molecule has 0 atom stereocenters. The molecule has 0 radical (unpaired) electrons. The minimum atomic E-state index is -3.48. The molecule has 168 valence electrons. The van der Waals surface area contributed by atoms with Crippen LogP contribution in [0.5, 0.6) is 0 Å². The molecular formula is C22H29ClN4O3S. The van der Waals surface area contributed by atoms with E-state index in [4.69, 9.17) is 11.6 Å². The smallest absolute Gasteiger partial charge is 0.232 e. The quantitative estimate of drug-likeness (QED) is 0.649. The van der Waals surface area contributed by atoms with Crippen molar-refractivity contribution < 1.29 is 13.2 Å². The van der Waals surface area contributed by atoms with E-state index >= 15 is 0 Å². The van der Waals surface area contributed by atoms with Crippen molar-refractivity contribution in [3.05, 3.63) is 53.6 Å². The fourth-order valence-corrected chi connectivity index (χ4v) is 4.69. The van der Waals surface area contributed by atoms with Crippen molar-refractivity contribution in [2.75, 3.05) is 60.5 Å². The second-order valence-electron chi connectivity index (χ2n) is 7.80. The van der Waals surface area contributed by atoms with Crippen LogP contribution in [0.1, 0.15) is 12.8 Å². The predicted octanol–water partition coefficient (Wildman–Crippen LogP) is 3.28. The van der Waals surface area contributed by atoms with E-state index in [0.29, 0.717) is 17.1 Å². The van der Waals surface area contributed by atoms with Crippen molar-refractivity contribution in [1.29, 1.82) is 0 Å². The average molecular weight is 465 g/mol. The minimum Gasteiger partial charge on any atom is -0.369 e. The van der Waals surface area contributed by atoms with Gasteiger partial charge in [-0.15, -0.1) is 0 Å². The Kier molecular flexibility index (Phi) is 7.80. The number of nitrogens with zero attached hydrogens (tertiary/aromatic N) is 3. The van der Waals surface area contributed by atoms with Crippen LogP contribution >= 0.6 is 11.6 Å². The first-order valence-electron chi connectivity index (χ1n) is 10.3. The number of halogens is 1. The van der Waals surface area contributed by atoms with Crippen LogP contribution < -0.4 is 14.5 Å². The van der Waals surface area contributed by atoms with Crippen molar-refractivity contribution in [3.63, 3.8) is 0 Å². The van der Waals surface area contributed by atoms with Crippen LogP contribution in [0.15, 0.2) is 48.5 Å². The lowest BCUT2D eigenvalue weighted by molar-refractivity contribution is -0.116. The van der Waals surface area contributed by atoms with E-state index in [1.165, 1.54) is 4.31 Å². The number of amides is 1. The highest BCUT2D eigenvalue weighted by molar-refractivity contribution is 7.92. The summed E-state index contributed by atoms with van der Waals surface area (Å²) in [5, 5.41) is 3.35. The van der Waals surface area contributed by atoms with E-state index in [1.54, 1.807) is 24.3 Å². The highest BCUT2D eigenvalue weighted by Gasteiger charge is 2.18. The Hall–Kier alpha value is -2.29. The number of piperazine rings is 1. The van der Waals surface area contributed by atoms with Crippen LogP contribution in [0, 0.1) is 0 Å². The van der Waals surface area contributed by atoms with Gasteiger partial charge in [-0.05, 0) is 55.9 Å². The molecule has 7 nitrogen and oxygen atoms in total. The molecule has 1 fully saturated rings. The molecule has 0 aliphatic carbocycles. The van der Waals surface area contributed by atoms with E-state index in [0.717, 1.165) is 43.8 Å². The minimum absolute atomic E-state index is 0.146. The van der Waals surface area contributed by atoms with Crippen molar-refractivity contribution >= 4 is 44.6 Å². The predicted molar refractivity (Wildman–Crippen MR) is 128 cm³/mol. The Morgan fingerprint density at radius 2 is 1.77 bits per heavy atom. The van der Waals surface area contributed by atoms with Crippen LogP contribution in [0.3, 0.4) is 0 Å². The monoisotopic (exact) mass is 464 g/mol. The van der Waals surface area contributed by atoms with Gasteiger partial charge in [0.15, 0.2) is 0 Å². The summed E-state index contributed by atoms with van der Waals surface area (Å²) in [5.41, 5.74) is 2.38. The molecule has 1 N–H and O–H groups in total. The molecule has 0 spiro atoms. The summed E-state index contributed by atoms with van der Waals surface area (Å²) in [5.74, 6) is -0.146.